The summed E-state index contributed by atoms with van der Waals surface area (Å²) in [6.45, 7) is 3.15. The number of hydrogen-bond acceptors (Lipinski definition) is 4. The van der Waals surface area contributed by atoms with E-state index in [1.807, 2.05) is 55.5 Å². The molecule has 0 aromatic heterocycles. The molecule has 1 aliphatic heterocycles. The molecule has 0 radical (unpaired) electrons. The summed E-state index contributed by atoms with van der Waals surface area (Å²) >= 11 is 0. The van der Waals surface area contributed by atoms with Gasteiger partial charge in [-0.25, -0.2) is 0 Å². The van der Waals surface area contributed by atoms with Crippen molar-refractivity contribution in [3.05, 3.63) is 59.2 Å². The van der Waals surface area contributed by atoms with Crippen molar-refractivity contribution in [1.82, 2.24) is 5.32 Å². The van der Waals surface area contributed by atoms with Gasteiger partial charge in [0.15, 0.2) is 11.5 Å². The molecule has 0 aliphatic carbocycles. The van der Waals surface area contributed by atoms with Crippen molar-refractivity contribution >= 4 is 12.0 Å². The molecule has 5 heteroatoms. The van der Waals surface area contributed by atoms with E-state index in [0.29, 0.717) is 30.2 Å². The first-order valence-corrected chi connectivity index (χ1v) is 8.21. The van der Waals surface area contributed by atoms with Crippen LogP contribution in [0.4, 0.5) is 0 Å². The van der Waals surface area contributed by atoms with Crippen molar-refractivity contribution in [2.75, 3.05) is 20.3 Å². The number of nitrogens with one attached hydrogen (secondary N) is 1. The monoisotopic (exact) mass is 339 g/mol. The van der Waals surface area contributed by atoms with Crippen LogP contribution in [0.5, 0.6) is 17.2 Å². The molecular weight excluding hydrogens is 318 g/mol. The molecule has 0 bridgehead atoms. The third-order valence-electron chi connectivity index (χ3n) is 3.90. The third kappa shape index (κ3) is 3.94. The molecule has 0 unspecified atom stereocenters. The number of rotatable bonds is 6. The summed E-state index contributed by atoms with van der Waals surface area (Å²) < 4.78 is 16.5. The number of methoxy groups -OCH3 is 1. The lowest BCUT2D eigenvalue weighted by Crippen LogP contribution is -2.28. The van der Waals surface area contributed by atoms with Gasteiger partial charge in [-0.05, 0) is 36.8 Å². The zero-order valence-electron chi connectivity index (χ0n) is 14.4. The molecule has 2 aromatic carbocycles. The van der Waals surface area contributed by atoms with Gasteiger partial charge in [0.1, 0.15) is 12.4 Å². The van der Waals surface area contributed by atoms with Crippen molar-refractivity contribution in [1.29, 1.82) is 0 Å². The van der Waals surface area contributed by atoms with Crippen LogP contribution in [0, 0.1) is 0 Å². The van der Waals surface area contributed by atoms with Crippen LogP contribution in [0.3, 0.4) is 0 Å². The fraction of sp³-hybridized carbons (Fsp3) is 0.250. The van der Waals surface area contributed by atoms with Crippen LogP contribution in [-0.2, 0) is 11.3 Å². The van der Waals surface area contributed by atoms with E-state index in [1.165, 1.54) is 0 Å². The lowest BCUT2D eigenvalue weighted by molar-refractivity contribution is -0.117. The van der Waals surface area contributed by atoms with Crippen LogP contribution < -0.4 is 19.5 Å². The Morgan fingerprint density at radius 3 is 2.84 bits per heavy atom. The van der Waals surface area contributed by atoms with E-state index >= 15 is 0 Å². The molecule has 0 spiro atoms. The Labute approximate surface area is 147 Å². The number of hydrogen-bond donors (Lipinski definition) is 1. The molecule has 0 saturated carbocycles. The second-order valence-corrected chi connectivity index (χ2v) is 5.60. The van der Waals surface area contributed by atoms with E-state index < -0.39 is 0 Å². The minimum atomic E-state index is -0.136. The Morgan fingerprint density at radius 1 is 1.20 bits per heavy atom. The van der Waals surface area contributed by atoms with Crippen LogP contribution in [0.15, 0.2) is 48.0 Å². The maximum atomic E-state index is 12.4. The number of amides is 1. The van der Waals surface area contributed by atoms with Crippen LogP contribution in [-0.4, -0.2) is 26.2 Å². The summed E-state index contributed by atoms with van der Waals surface area (Å²) in [5.74, 6) is 2.02. The van der Waals surface area contributed by atoms with Gasteiger partial charge in [-0.2, -0.15) is 0 Å². The normalized spacial score (nSPS) is 12.5. The molecule has 0 saturated heterocycles. The fourth-order valence-corrected chi connectivity index (χ4v) is 2.64. The maximum absolute atomic E-state index is 12.4. The predicted octanol–water partition coefficient (Wildman–Crippen LogP) is 3.19. The fourth-order valence-electron chi connectivity index (χ4n) is 2.64. The van der Waals surface area contributed by atoms with Gasteiger partial charge < -0.3 is 19.5 Å². The SMILES string of the molecule is CCOc1cc(CNC(=O)C2=Cc3ccccc3OC2)ccc1OC. The summed E-state index contributed by atoms with van der Waals surface area (Å²) in [6.07, 6.45) is 1.87. The molecule has 1 amide bonds. The highest BCUT2D eigenvalue weighted by Gasteiger charge is 2.16. The largest absolute Gasteiger partial charge is 0.493 e. The molecule has 1 heterocycles. The third-order valence-corrected chi connectivity index (χ3v) is 3.90. The lowest BCUT2D eigenvalue weighted by Gasteiger charge is -2.17. The van der Waals surface area contributed by atoms with Crippen molar-refractivity contribution in [2.24, 2.45) is 0 Å². The zero-order valence-corrected chi connectivity index (χ0v) is 14.4. The molecule has 0 fully saturated rings. The van der Waals surface area contributed by atoms with Gasteiger partial charge in [0.25, 0.3) is 5.91 Å². The van der Waals surface area contributed by atoms with E-state index in [0.717, 1.165) is 16.9 Å². The molecule has 1 N–H and O–H groups in total. The Hall–Kier alpha value is -2.95. The number of fused-ring (bicyclic) bond motifs is 1. The number of benzene rings is 2. The van der Waals surface area contributed by atoms with E-state index in [4.69, 9.17) is 14.2 Å². The average Bonchev–Trinajstić information content (AvgIpc) is 2.66. The van der Waals surface area contributed by atoms with E-state index in [2.05, 4.69) is 5.32 Å². The Balaban J connectivity index is 1.67. The van der Waals surface area contributed by atoms with Gasteiger partial charge in [0.2, 0.25) is 0 Å². The van der Waals surface area contributed by atoms with Crippen LogP contribution in [0.2, 0.25) is 0 Å². The molecule has 5 nitrogen and oxygen atoms in total. The predicted molar refractivity (Wildman–Crippen MR) is 95.9 cm³/mol. The average molecular weight is 339 g/mol. The number of para-hydroxylation sites is 1. The van der Waals surface area contributed by atoms with Crippen molar-refractivity contribution in [2.45, 2.75) is 13.5 Å². The second kappa shape index (κ2) is 7.75. The number of carbonyl (C=O) groups excluding carboxylic acids is 1. The minimum Gasteiger partial charge on any atom is -0.493 e. The quantitative estimate of drug-likeness (QED) is 0.878. The van der Waals surface area contributed by atoms with Gasteiger partial charge in [0.05, 0.1) is 19.3 Å². The van der Waals surface area contributed by atoms with Crippen molar-refractivity contribution in [3.63, 3.8) is 0 Å². The second-order valence-electron chi connectivity index (χ2n) is 5.60. The molecule has 25 heavy (non-hydrogen) atoms. The van der Waals surface area contributed by atoms with Crippen LogP contribution in [0.25, 0.3) is 6.08 Å². The smallest absolute Gasteiger partial charge is 0.250 e. The maximum Gasteiger partial charge on any atom is 0.250 e. The topological polar surface area (TPSA) is 56.8 Å². The number of carbonyl (C=O) groups is 1. The molecule has 1 aliphatic rings. The van der Waals surface area contributed by atoms with Crippen molar-refractivity contribution in [3.8, 4) is 17.2 Å². The van der Waals surface area contributed by atoms with Crippen LogP contribution in [0.1, 0.15) is 18.1 Å². The van der Waals surface area contributed by atoms with Gasteiger partial charge in [-0.15, -0.1) is 0 Å². The van der Waals surface area contributed by atoms with Gasteiger partial charge in [-0.3, -0.25) is 4.79 Å². The van der Waals surface area contributed by atoms with Gasteiger partial charge >= 0.3 is 0 Å². The van der Waals surface area contributed by atoms with Crippen molar-refractivity contribution < 1.29 is 19.0 Å². The van der Waals surface area contributed by atoms with E-state index in [-0.39, 0.29) is 12.5 Å². The first-order chi connectivity index (χ1) is 12.2. The van der Waals surface area contributed by atoms with Gasteiger partial charge in [-0.1, -0.05) is 24.3 Å². The van der Waals surface area contributed by atoms with Crippen LogP contribution >= 0.6 is 0 Å². The standard InChI is InChI=1S/C20H21NO4/c1-3-24-19-10-14(8-9-18(19)23-2)12-21-20(22)16-11-15-6-4-5-7-17(15)25-13-16/h4-11H,3,12-13H2,1-2H3,(H,21,22). The summed E-state index contributed by atoms with van der Waals surface area (Å²) in [7, 11) is 1.60. The molecular formula is C20H21NO4. The molecule has 3 rings (SSSR count). The minimum absolute atomic E-state index is 0.136. The highest BCUT2D eigenvalue weighted by Crippen LogP contribution is 2.28. The molecule has 0 atom stereocenters. The zero-order chi connectivity index (χ0) is 17.6. The molecule has 130 valence electrons. The summed E-state index contributed by atoms with van der Waals surface area (Å²) in [5, 5.41) is 2.92. The Kier molecular flexibility index (Phi) is 5.23. The summed E-state index contributed by atoms with van der Waals surface area (Å²) in [4.78, 5) is 12.4. The molecule has 2 aromatic rings. The Bertz CT molecular complexity index is 798. The highest BCUT2D eigenvalue weighted by atomic mass is 16.5. The summed E-state index contributed by atoms with van der Waals surface area (Å²) in [5.41, 5.74) is 2.47. The van der Waals surface area contributed by atoms with E-state index in [9.17, 15) is 4.79 Å². The van der Waals surface area contributed by atoms with Gasteiger partial charge in [0, 0.05) is 12.1 Å². The first kappa shape index (κ1) is 16.9. The Morgan fingerprint density at radius 2 is 2.04 bits per heavy atom. The van der Waals surface area contributed by atoms with E-state index in [1.54, 1.807) is 7.11 Å². The lowest BCUT2D eigenvalue weighted by atomic mass is 10.1. The number of ether oxygens (including phenoxy) is 3. The first-order valence-electron chi connectivity index (χ1n) is 8.21. The summed E-state index contributed by atoms with van der Waals surface area (Å²) in [6, 6.07) is 13.3. The highest BCUT2D eigenvalue weighted by molar-refractivity contribution is 5.99.